The standard InChI is InChI=1S/C12H9F3O/c1-2-3-10-6-8-4-5-9(12(13,14)15)7-11(8)16-10/h2-7H,1H3/b3-2+. The molecular weight excluding hydrogens is 217 g/mol. The van der Waals surface area contributed by atoms with Crippen molar-refractivity contribution in [3.63, 3.8) is 0 Å². The van der Waals surface area contributed by atoms with Gasteiger partial charge >= 0.3 is 6.18 Å². The Bertz CT molecular complexity index is 535. The fourth-order valence-electron chi connectivity index (χ4n) is 1.47. The predicted octanol–water partition coefficient (Wildman–Crippen LogP) is 4.48. The molecule has 0 fully saturated rings. The number of hydrogen-bond donors (Lipinski definition) is 0. The lowest BCUT2D eigenvalue weighted by Crippen LogP contribution is -2.03. The lowest BCUT2D eigenvalue weighted by atomic mass is 10.1. The van der Waals surface area contributed by atoms with Crippen molar-refractivity contribution < 1.29 is 17.6 Å². The molecule has 0 unspecified atom stereocenters. The number of hydrogen-bond acceptors (Lipinski definition) is 1. The Morgan fingerprint density at radius 3 is 2.56 bits per heavy atom. The zero-order valence-corrected chi connectivity index (χ0v) is 8.51. The number of fused-ring (bicyclic) bond motifs is 1. The molecule has 0 spiro atoms. The van der Waals surface area contributed by atoms with Crippen molar-refractivity contribution in [2.45, 2.75) is 13.1 Å². The van der Waals surface area contributed by atoms with E-state index in [4.69, 9.17) is 4.42 Å². The second kappa shape index (κ2) is 3.70. The Morgan fingerprint density at radius 2 is 1.94 bits per heavy atom. The lowest BCUT2D eigenvalue weighted by Gasteiger charge is -2.04. The first-order valence-electron chi connectivity index (χ1n) is 4.74. The maximum Gasteiger partial charge on any atom is 0.416 e. The predicted molar refractivity (Wildman–Crippen MR) is 55.9 cm³/mol. The summed E-state index contributed by atoms with van der Waals surface area (Å²) in [6.45, 7) is 1.81. The molecule has 0 aliphatic rings. The van der Waals surface area contributed by atoms with E-state index < -0.39 is 11.7 Å². The van der Waals surface area contributed by atoms with Crippen molar-refractivity contribution in [2.24, 2.45) is 0 Å². The van der Waals surface area contributed by atoms with Gasteiger partial charge in [-0.1, -0.05) is 12.1 Å². The van der Waals surface area contributed by atoms with E-state index in [0.29, 0.717) is 11.1 Å². The Morgan fingerprint density at radius 1 is 1.19 bits per heavy atom. The van der Waals surface area contributed by atoms with E-state index in [-0.39, 0.29) is 5.58 Å². The summed E-state index contributed by atoms with van der Waals surface area (Å²) in [5.41, 5.74) is -0.440. The molecule has 0 saturated carbocycles. The van der Waals surface area contributed by atoms with Crippen molar-refractivity contribution in [3.8, 4) is 0 Å². The smallest absolute Gasteiger partial charge is 0.416 e. The molecule has 1 aromatic carbocycles. The van der Waals surface area contributed by atoms with Crippen LogP contribution in [0.4, 0.5) is 13.2 Å². The van der Waals surface area contributed by atoms with Crippen LogP contribution in [0, 0.1) is 0 Å². The Balaban J connectivity index is 2.54. The van der Waals surface area contributed by atoms with Crippen LogP contribution in [0.15, 0.2) is 34.8 Å². The number of alkyl halides is 3. The third kappa shape index (κ3) is 1.96. The second-order valence-electron chi connectivity index (χ2n) is 3.40. The zero-order chi connectivity index (χ0) is 11.8. The van der Waals surface area contributed by atoms with Crippen molar-refractivity contribution in [3.05, 3.63) is 41.7 Å². The van der Waals surface area contributed by atoms with E-state index in [1.807, 2.05) is 6.92 Å². The van der Waals surface area contributed by atoms with Crippen LogP contribution in [-0.2, 0) is 6.18 Å². The summed E-state index contributed by atoms with van der Waals surface area (Å²) in [5.74, 6) is 0.553. The van der Waals surface area contributed by atoms with E-state index in [1.54, 1.807) is 18.2 Å². The van der Waals surface area contributed by atoms with Crippen LogP contribution in [0.2, 0.25) is 0 Å². The Labute approximate surface area is 90.2 Å². The first kappa shape index (κ1) is 10.8. The van der Waals surface area contributed by atoms with Gasteiger partial charge in [0.15, 0.2) is 0 Å². The summed E-state index contributed by atoms with van der Waals surface area (Å²) in [4.78, 5) is 0. The molecule has 0 bridgehead atoms. The lowest BCUT2D eigenvalue weighted by molar-refractivity contribution is -0.137. The highest BCUT2D eigenvalue weighted by Gasteiger charge is 2.30. The molecule has 4 heteroatoms. The van der Waals surface area contributed by atoms with E-state index in [2.05, 4.69) is 0 Å². The normalized spacial score (nSPS) is 12.8. The number of halogens is 3. The van der Waals surface area contributed by atoms with Crippen molar-refractivity contribution in [1.82, 2.24) is 0 Å². The highest BCUT2D eigenvalue weighted by molar-refractivity contribution is 5.80. The van der Waals surface area contributed by atoms with Crippen molar-refractivity contribution in [1.29, 1.82) is 0 Å². The molecule has 0 radical (unpaired) electrons. The molecule has 16 heavy (non-hydrogen) atoms. The molecule has 0 amide bonds. The molecule has 1 nitrogen and oxygen atoms in total. The average molecular weight is 226 g/mol. The van der Waals surface area contributed by atoms with Gasteiger partial charge in [-0.25, -0.2) is 0 Å². The highest BCUT2D eigenvalue weighted by Crippen LogP contribution is 2.32. The van der Waals surface area contributed by atoms with Gasteiger partial charge in [-0.05, 0) is 31.2 Å². The quantitative estimate of drug-likeness (QED) is 0.698. The molecule has 0 aliphatic heterocycles. The second-order valence-corrected chi connectivity index (χ2v) is 3.40. The number of furan rings is 1. The van der Waals surface area contributed by atoms with Gasteiger partial charge in [0.25, 0.3) is 0 Å². The van der Waals surface area contributed by atoms with Gasteiger partial charge in [0.05, 0.1) is 5.56 Å². The van der Waals surface area contributed by atoms with Crippen LogP contribution in [0.5, 0.6) is 0 Å². The van der Waals surface area contributed by atoms with Gasteiger partial charge < -0.3 is 4.42 Å². The molecule has 0 atom stereocenters. The monoisotopic (exact) mass is 226 g/mol. The zero-order valence-electron chi connectivity index (χ0n) is 8.51. The van der Waals surface area contributed by atoms with Crippen LogP contribution >= 0.6 is 0 Å². The molecule has 84 valence electrons. The average Bonchev–Trinajstić information content (AvgIpc) is 2.57. The molecule has 1 aromatic heterocycles. The molecule has 0 aliphatic carbocycles. The molecule has 2 rings (SSSR count). The van der Waals surface area contributed by atoms with E-state index in [9.17, 15) is 13.2 Å². The molecule has 1 heterocycles. The first-order chi connectivity index (χ1) is 7.50. The summed E-state index contributed by atoms with van der Waals surface area (Å²) in [5, 5.41) is 0.668. The van der Waals surface area contributed by atoms with Crippen molar-refractivity contribution >= 4 is 17.0 Å². The third-order valence-electron chi connectivity index (χ3n) is 2.20. The summed E-state index contributed by atoms with van der Waals surface area (Å²) >= 11 is 0. The number of allylic oxidation sites excluding steroid dienone is 1. The van der Waals surface area contributed by atoms with Crippen LogP contribution in [0.1, 0.15) is 18.2 Å². The van der Waals surface area contributed by atoms with Crippen LogP contribution < -0.4 is 0 Å². The SMILES string of the molecule is C/C=C/c1cc2ccc(C(F)(F)F)cc2o1. The maximum atomic E-state index is 12.4. The van der Waals surface area contributed by atoms with Crippen LogP contribution in [0.3, 0.4) is 0 Å². The summed E-state index contributed by atoms with van der Waals surface area (Å²) in [6.07, 6.45) is -0.864. The molecule has 0 N–H and O–H groups in total. The van der Waals surface area contributed by atoms with E-state index in [0.717, 1.165) is 12.1 Å². The fraction of sp³-hybridized carbons (Fsp3) is 0.167. The maximum absolute atomic E-state index is 12.4. The minimum atomic E-state index is -4.33. The van der Waals surface area contributed by atoms with Crippen LogP contribution in [0.25, 0.3) is 17.0 Å². The van der Waals surface area contributed by atoms with Gasteiger partial charge in [-0.15, -0.1) is 0 Å². The highest BCUT2D eigenvalue weighted by atomic mass is 19.4. The van der Waals surface area contributed by atoms with Gasteiger partial charge in [0, 0.05) is 5.39 Å². The van der Waals surface area contributed by atoms with Crippen LogP contribution in [-0.4, -0.2) is 0 Å². The molecule has 0 saturated heterocycles. The third-order valence-corrected chi connectivity index (χ3v) is 2.20. The molecular formula is C12H9F3O. The first-order valence-corrected chi connectivity index (χ1v) is 4.74. The van der Waals surface area contributed by atoms with Gasteiger partial charge in [-0.2, -0.15) is 13.2 Å². The Kier molecular flexibility index (Phi) is 2.50. The minimum absolute atomic E-state index is 0.253. The summed E-state index contributed by atoms with van der Waals surface area (Å²) in [7, 11) is 0. The van der Waals surface area contributed by atoms with E-state index in [1.165, 1.54) is 6.07 Å². The van der Waals surface area contributed by atoms with Gasteiger partial charge in [0.2, 0.25) is 0 Å². The van der Waals surface area contributed by atoms with Crippen molar-refractivity contribution in [2.75, 3.05) is 0 Å². The van der Waals surface area contributed by atoms with Gasteiger partial charge in [0.1, 0.15) is 11.3 Å². The number of rotatable bonds is 1. The van der Waals surface area contributed by atoms with E-state index >= 15 is 0 Å². The fourth-order valence-corrected chi connectivity index (χ4v) is 1.47. The summed E-state index contributed by atoms with van der Waals surface area (Å²) < 4.78 is 42.5. The Hall–Kier alpha value is -1.71. The number of benzene rings is 1. The van der Waals surface area contributed by atoms with Gasteiger partial charge in [-0.3, -0.25) is 0 Å². The largest absolute Gasteiger partial charge is 0.457 e. The molecule has 2 aromatic rings. The topological polar surface area (TPSA) is 13.1 Å². The summed E-state index contributed by atoms with van der Waals surface area (Å²) in [6, 6.07) is 5.18. The minimum Gasteiger partial charge on any atom is -0.457 e.